The molecule has 1 aromatic heterocycles. The maximum Gasteiger partial charge on any atom is 0.123 e. The molecule has 94 valence electrons. The van der Waals surface area contributed by atoms with Gasteiger partial charge in [0.1, 0.15) is 11.9 Å². The molecule has 0 amide bonds. The summed E-state index contributed by atoms with van der Waals surface area (Å²) in [5.74, 6) is 0.760. The molecule has 0 aliphatic rings. The molecule has 0 aliphatic carbocycles. The van der Waals surface area contributed by atoms with Crippen LogP contribution < -0.4 is 4.74 Å². The van der Waals surface area contributed by atoms with Crippen LogP contribution in [0.25, 0.3) is 0 Å². The van der Waals surface area contributed by atoms with Gasteiger partial charge in [0.2, 0.25) is 0 Å². The number of ether oxygens (including phenoxy) is 1. The summed E-state index contributed by atoms with van der Waals surface area (Å²) in [5.41, 5.74) is 2.17. The van der Waals surface area contributed by atoms with Crippen molar-refractivity contribution >= 4 is 11.6 Å². The number of aromatic nitrogens is 1. The van der Waals surface area contributed by atoms with Gasteiger partial charge >= 0.3 is 0 Å². The van der Waals surface area contributed by atoms with E-state index in [4.69, 9.17) is 16.3 Å². The number of aliphatic hydroxyl groups is 1. The largest absolute Gasteiger partial charge is 0.497 e. The van der Waals surface area contributed by atoms with Crippen LogP contribution in [0, 0.1) is 6.92 Å². The van der Waals surface area contributed by atoms with Crippen molar-refractivity contribution in [3.63, 3.8) is 0 Å². The summed E-state index contributed by atoms with van der Waals surface area (Å²) in [6.45, 7) is 1.91. The molecule has 0 aliphatic heterocycles. The lowest BCUT2D eigenvalue weighted by atomic mass is 10.0. The second-order valence-electron chi connectivity index (χ2n) is 4.00. The number of rotatable bonds is 3. The molecule has 2 rings (SSSR count). The predicted octanol–water partition coefficient (Wildman–Crippen LogP) is 3.13. The number of halogens is 1. The third-order valence-corrected chi connectivity index (χ3v) is 3.14. The standard InChI is InChI=1S/C14H14ClNO2/c1-9-8-10(18-2)5-6-11(9)14(17)13-12(15)4-3-7-16-13/h3-8,14,17H,1-2H3. The average molecular weight is 264 g/mol. The maximum absolute atomic E-state index is 10.3. The van der Waals surface area contributed by atoms with Crippen LogP contribution in [0.3, 0.4) is 0 Å². The summed E-state index contributed by atoms with van der Waals surface area (Å²) in [7, 11) is 1.61. The van der Waals surface area contributed by atoms with E-state index in [9.17, 15) is 5.11 Å². The van der Waals surface area contributed by atoms with E-state index in [-0.39, 0.29) is 0 Å². The van der Waals surface area contributed by atoms with Crippen molar-refractivity contribution in [2.45, 2.75) is 13.0 Å². The zero-order chi connectivity index (χ0) is 13.1. The van der Waals surface area contributed by atoms with E-state index in [1.54, 1.807) is 25.4 Å². The molecule has 1 atom stereocenters. The van der Waals surface area contributed by atoms with E-state index >= 15 is 0 Å². The van der Waals surface area contributed by atoms with Crippen molar-refractivity contribution < 1.29 is 9.84 Å². The van der Waals surface area contributed by atoms with E-state index in [2.05, 4.69) is 4.98 Å². The summed E-state index contributed by atoms with van der Waals surface area (Å²) in [5, 5.41) is 10.8. The summed E-state index contributed by atoms with van der Waals surface area (Å²) >= 11 is 6.03. The molecule has 4 heteroatoms. The molecule has 18 heavy (non-hydrogen) atoms. The van der Waals surface area contributed by atoms with Gasteiger partial charge in [0.15, 0.2) is 0 Å². The van der Waals surface area contributed by atoms with Gasteiger partial charge in [-0.2, -0.15) is 0 Å². The molecule has 1 N–H and O–H groups in total. The topological polar surface area (TPSA) is 42.4 Å². The highest BCUT2D eigenvalue weighted by atomic mass is 35.5. The minimum atomic E-state index is -0.829. The highest BCUT2D eigenvalue weighted by Gasteiger charge is 2.17. The van der Waals surface area contributed by atoms with E-state index < -0.39 is 6.10 Å². The Balaban J connectivity index is 2.40. The van der Waals surface area contributed by atoms with Crippen LogP contribution in [0.4, 0.5) is 0 Å². The first-order chi connectivity index (χ1) is 8.63. The van der Waals surface area contributed by atoms with E-state index in [1.807, 2.05) is 25.1 Å². The van der Waals surface area contributed by atoms with E-state index in [1.165, 1.54) is 0 Å². The van der Waals surface area contributed by atoms with Gasteiger partial charge in [-0.05, 0) is 42.3 Å². The first-order valence-electron chi connectivity index (χ1n) is 5.56. The maximum atomic E-state index is 10.3. The van der Waals surface area contributed by atoms with Gasteiger partial charge in [0, 0.05) is 6.20 Å². The normalized spacial score (nSPS) is 12.2. The monoisotopic (exact) mass is 263 g/mol. The summed E-state index contributed by atoms with van der Waals surface area (Å²) in [4.78, 5) is 4.13. The van der Waals surface area contributed by atoms with Crippen molar-refractivity contribution in [2.75, 3.05) is 7.11 Å². The number of aryl methyl sites for hydroxylation is 1. The SMILES string of the molecule is COc1ccc(C(O)c2ncccc2Cl)c(C)c1. The van der Waals surface area contributed by atoms with Crippen molar-refractivity contribution in [1.82, 2.24) is 4.98 Å². The Morgan fingerprint density at radius 1 is 1.33 bits per heavy atom. The Kier molecular flexibility index (Phi) is 3.84. The zero-order valence-electron chi connectivity index (χ0n) is 10.2. The van der Waals surface area contributed by atoms with Gasteiger partial charge in [-0.3, -0.25) is 4.98 Å². The number of nitrogens with zero attached hydrogens (tertiary/aromatic N) is 1. The molecule has 0 fully saturated rings. The van der Waals surface area contributed by atoms with Crippen LogP contribution in [0.5, 0.6) is 5.75 Å². The minimum Gasteiger partial charge on any atom is -0.497 e. The van der Waals surface area contributed by atoms with Crippen LogP contribution in [-0.4, -0.2) is 17.2 Å². The second-order valence-corrected chi connectivity index (χ2v) is 4.40. The zero-order valence-corrected chi connectivity index (χ0v) is 11.0. The highest BCUT2D eigenvalue weighted by Crippen LogP contribution is 2.29. The number of aliphatic hydroxyl groups excluding tert-OH is 1. The minimum absolute atomic E-state index is 0.459. The fourth-order valence-electron chi connectivity index (χ4n) is 1.83. The first-order valence-corrected chi connectivity index (χ1v) is 5.94. The van der Waals surface area contributed by atoms with Gasteiger partial charge in [0.05, 0.1) is 17.8 Å². The molecule has 1 heterocycles. The molecular weight excluding hydrogens is 250 g/mol. The first kappa shape index (κ1) is 12.9. The number of hydrogen-bond acceptors (Lipinski definition) is 3. The van der Waals surface area contributed by atoms with Crippen molar-refractivity contribution in [3.8, 4) is 5.75 Å². The smallest absolute Gasteiger partial charge is 0.123 e. The van der Waals surface area contributed by atoms with E-state index in [0.29, 0.717) is 10.7 Å². The molecule has 0 saturated carbocycles. The van der Waals surface area contributed by atoms with Crippen LogP contribution in [0.15, 0.2) is 36.5 Å². The second kappa shape index (κ2) is 5.38. The van der Waals surface area contributed by atoms with Crippen LogP contribution in [0.2, 0.25) is 5.02 Å². The Bertz CT molecular complexity index is 557. The number of hydrogen-bond donors (Lipinski definition) is 1. The van der Waals surface area contributed by atoms with Gasteiger partial charge in [-0.25, -0.2) is 0 Å². The number of benzene rings is 1. The van der Waals surface area contributed by atoms with Crippen LogP contribution in [0.1, 0.15) is 22.9 Å². The third-order valence-electron chi connectivity index (χ3n) is 2.82. The number of methoxy groups -OCH3 is 1. The lowest BCUT2D eigenvalue weighted by molar-refractivity contribution is 0.214. The van der Waals surface area contributed by atoms with Crippen LogP contribution >= 0.6 is 11.6 Å². The van der Waals surface area contributed by atoms with Crippen molar-refractivity contribution in [3.05, 3.63) is 58.4 Å². The predicted molar refractivity (Wildman–Crippen MR) is 71.0 cm³/mol. The average Bonchev–Trinajstić information content (AvgIpc) is 2.38. The quantitative estimate of drug-likeness (QED) is 0.925. The molecule has 0 saturated heterocycles. The molecule has 1 aromatic carbocycles. The Hall–Kier alpha value is -1.58. The molecule has 3 nitrogen and oxygen atoms in total. The van der Waals surface area contributed by atoms with Gasteiger partial charge in [-0.15, -0.1) is 0 Å². The van der Waals surface area contributed by atoms with Gasteiger partial charge in [-0.1, -0.05) is 17.7 Å². The Morgan fingerprint density at radius 3 is 2.72 bits per heavy atom. The molecule has 0 radical (unpaired) electrons. The molecule has 2 aromatic rings. The lowest BCUT2D eigenvalue weighted by Gasteiger charge is -2.15. The fraction of sp³-hybridized carbons (Fsp3) is 0.214. The summed E-state index contributed by atoms with van der Waals surface area (Å²) in [6.07, 6.45) is 0.785. The highest BCUT2D eigenvalue weighted by molar-refractivity contribution is 6.31. The molecular formula is C14H14ClNO2. The van der Waals surface area contributed by atoms with E-state index in [0.717, 1.165) is 16.9 Å². The molecule has 0 bridgehead atoms. The van der Waals surface area contributed by atoms with Gasteiger partial charge < -0.3 is 9.84 Å². The Labute approximate surface area is 111 Å². The molecule has 1 unspecified atom stereocenters. The van der Waals surface area contributed by atoms with Crippen molar-refractivity contribution in [2.24, 2.45) is 0 Å². The third kappa shape index (κ3) is 2.47. The lowest BCUT2D eigenvalue weighted by Crippen LogP contribution is -2.05. The van der Waals surface area contributed by atoms with Gasteiger partial charge in [0.25, 0.3) is 0 Å². The van der Waals surface area contributed by atoms with Crippen LogP contribution in [-0.2, 0) is 0 Å². The summed E-state index contributed by atoms with van der Waals surface area (Å²) < 4.78 is 5.14. The summed E-state index contributed by atoms with van der Waals surface area (Å²) in [6, 6.07) is 8.95. The number of pyridine rings is 1. The molecule has 0 spiro atoms. The fourth-order valence-corrected chi connectivity index (χ4v) is 2.05. The van der Waals surface area contributed by atoms with Crippen molar-refractivity contribution in [1.29, 1.82) is 0 Å². The Morgan fingerprint density at radius 2 is 2.11 bits per heavy atom.